The molecular formula is C12H22B. The third-order valence-corrected chi connectivity index (χ3v) is 3.02. The Labute approximate surface area is 84.0 Å². The molecule has 0 spiro atoms. The standard InChI is InChI=1S/C12H22B/c1-11(2,3)9-7-8-13-10(9)12(4,5)6/h7-10H,1-6H3. The summed E-state index contributed by atoms with van der Waals surface area (Å²) in [5, 5.41) is 0. The van der Waals surface area contributed by atoms with Crippen molar-refractivity contribution in [2.75, 3.05) is 0 Å². The molecule has 1 aliphatic rings. The van der Waals surface area contributed by atoms with Gasteiger partial charge in [-0.25, -0.2) is 0 Å². The van der Waals surface area contributed by atoms with Gasteiger partial charge in [0, 0.05) is 0 Å². The van der Waals surface area contributed by atoms with E-state index in [-0.39, 0.29) is 0 Å². The monoisotopic (exact) mass is 177 g/mol. The topological polar surface area (TPSA) is 0 Å². The lowest BCUT2D eigenvalue weighted by Crippen LogP contribution is -2.30. The first kappa shape index (κ1) is 10.9. The molecule has 0 aromatic carbocycles. The summed E-state index contributed by atoms with van der Waals surface area (Å²) >= 11 is 0. The maximum Gasteiger partial charge on any atom is 0.145 e. The highest BCUT2D eigenvalue weighted by molar-refractivity contribution is 6.45. The molecule has 0 nitrogen and oxygen atoms in total. The van der Waals surface area contributed by atoms with Crippen molar-refractivity contribution in [1.82, 2.24) is 0 Å². The van der Waals surface area contributed by atoms with Gasteiger partial charge in [-0.2, -0.15) is 0 Å². The first-order valence-electron chi connectivity index (χ1n) is 5.24. The summed E-state index contributed by atoms with van der Waals surface area (Å²) in [6.45, 7) is 14.0. The summed E-state index contributed by atoms with van der Waals surface area (Å²) in [4.78, 5) is 0. The van der Waals surface area contributed by atoms with E-state index in [9.17, 15) is 0 Å². The number of allylic oxidation sites excluding steroid dienone is 1. The third kappa shape index (κ3) is 2.39. The van der Waals surface area contributed by atoms with Gasteiger partial charge >= 0.3 is 0 Å². The summed E-state index contributed by atoms with van der Waals surface area (Å²) in [5.41, 5.74) is 0.781. The Hall–Kier alpha value is -0.195. The van der Waals surface area contributed by atoms with Crippen molar-refractivity contribution in [3.63, 3.8) is 0 Å². The highest BCUT2D eigenvalue weighted by atomic mass is 14.4. The number of rotatable bonds is 0. The van der Waals surface area contributed by atoms with Crippen LogP contribution in [0.3, 0.4) is 0 Å². The second kappa shape index (κ2) is 3.18. The molecule has 0 amide bonds. The minimum absolute atomic E-state index is 0.390. The van der Waals surface area contributed by atoms with Crippen LogP contribution in [0.25, 0.3) is 0 Å². The average Bonchev–Trinajstić information content (AvgIpc) is 2.27. The zero-order valence-electron chi connectivity index (χ0n) is 9.89. The molecule has 1 aliphatic heterocycles. The fourth-order valence-electron chi connectivity index (χ4n) is 2.20. The lowest BCUT2D eigenvalue weighted by molar-refractivity contribution is 0.211. The van der Waals surface area contributed by atoms with E-state index < -0.39 is 0 Å². The van der Waals surface area contributed by atoms with E-state index in [2.05, 4.69) is 60.9 Å². The molecule has 0 fully saturated rings. The minimum Gasteiger partial charge on any atom is -0.126 e. The van der Waals surface area contributed by atoms with Gasteiger partial charge in [0.1, 0.15) is 7.28 Å². The van der Waals surface area contributed by atoms with Gasteiger partial charge in [0.2, 0.25) is 0 Å². The van der Waals surface area contributed by atoms with Crippen molar-refractivity contribution in [3.8, 4) is 0 Å². The van der Waals surface area contributed by atoms with Crippen LogP contribution in [0.2, 0.25) is 5.82 Å². The van der Waals surface area contributed by atoms with Crippen LogP contribution in [-0.4, -0.2) is 7.28 Å². The molecule has 1 rings (SSSR count). The van der Waals surface area contributed by atoms with E-state index in [0.29, 0.717) is 22.6 Å². The van der Waals surface area contributed by atoms with E-state index in [1.54, 1.807) is 0 Å². The smallest absolute Gasteiger partial charge is 0.126 e. The molecule has 1 heterocycles. The van der Waals surface area contributed by atoms with Crippen molar-refractivity contribution < 1.29 is 0 Å². The highest BCUT2D eigenvalue weighted by Gasteiger charge is 2.39. The second-order valence-electron chi connectivity index (χ2n) is 6.36. The van der Waals surface area contributed by atoms with Gasteiger partial charge in [0.05, 0.1) is 0 Å². The minimum atomic E-state index is 0.390. The molecule has 1 radical (unpaired) electrons. The second-order valence-corrected chi connectivity index (χ2v) is 6.36. The van der Waals surface area contributed by atoms with Crippen LogP contribution in [0.15, 0.2) is 12.1 Å². The van der Waals surface area contributed by atoms with Gasteiger partial charge in [-0.15, -0.1) is 5.98 Å². The maximum atomic E-state index is 2.37. The van der Waals surface area contributed by atoms with Crippen molar-refractivity contribution in [3.05, 3.63) is 12.1 Å². The van der Waals surface area contributed by atoms with Gasteiger partial charge in [-0.05, 0) is 16.7 Å². The molecule has 73 valence electrons. The van der Waals surface area contributed by atoms with E-state index in [1.165, 1.54) is 0 Å². The molecule has 0 saturated heterocycles. The maximum absolute atomic E-state index is 2.37. The summed E-state index contributed by atoms with van der Waals surface area (Å²) in [6.07, 6.45) is 2.37. The Morgan fingerprint density at radius 2 is 1.46 bits per heavy atom. The SMILES string of the molecule is CC(C)(C)C1[B]C=CC1C(C)(C)C. The molecule has 0 saturated carbocycles. The summed E-state index contributed by atoms with van der Waals surface area (Å²) in [7, 11) is 2.37. The molecule has 0 aromatic rings. The van der Waals surface area contributed by atoms with Gasteiger partial charge in [0.15, 0.2) is 0 Å². The Bertz CT molecular complexity index is 202. The van der Waals surface area contributed by atoms with Gasteiger partial charge in [-0.3, -0.25) is 0 Å². The fourth-order valence-corrected chi connectivity index (χ4v) is 2.20. The van der Waals surface area contributed by atoms with Crippen LogP contribution in [0.1, 0.15) is 41.5 Å². The van der Waals surface area contributed by atoms with Crippen LogP contribution in [0, 0.1) is 16.7 Å². The Kier molecular flexibility index (Phi) is 2.67. The van der Waals surface area contributed by atoms with Crippen LogP contribution < -0.4 is 0 Å². The first-order chi connectivity index (χ1) is 5.73. The lowest BCUT2D eigenvalue weighted by atomic mass is 9.51. The van der Waals surface area contributed by atoms with Crippen molar-refractivity contribution in [2.45, 2.75) is 47.4 Å². The predicted molar refractivity (Wildman–Crippen MR) is 61.0 cm³/mol. The van der Waals surface area contributed by atoms with Gasteiger partial charge in [-0.1, -0.05) is 53.4 Å². The molecule has 0 aromatic heterocycles. The van der Waals surface area contributed by atoms with Gasteiger partial charge < -0.3 is 0 Å². The van der Waals surface area contributed by atoms with Crippen LogP contribution in [-0.2, 0) is 0 Å². The van der Waals surface area contributed by atoms with Crippen LogP contribution in [0.5, 0.6) is 0 Å². The van der Waals surface area contributed by atoms with Crippen molar-refractivity contribution in [1.29, 1.82) is 0 Å². The number of hydrogen-bond acceptors (Lipinski definition) is 0. The van der Waals surface area contributed by atoms with Gasteiger partial charge in [0.25, 0.3) is 0 Å². The molecule has 1 heteroatoms. The molecule has 13 heavy (non-hydrogen) atoms. The highest BCUT2D eigenvalue weighted by Crippen LogP contribution is 2.48. The first-order valence-corrected chi connectivity index (χ1v) is 5.24. The summed E-state index contributed by atoms with van der Waals surface area (Å²) in [5.74, 6) is 3.64. The Morgan fingerprint density at radius 3 is 1.77 bits per heavy atom. The zero-order valence-corrected chi connectivity index (χ0v) is 9.89. The van der Waals surface area contributed by atoms with Crippen molar-refractivity contribution >= 4 is 7.28 Å². The zero-order chi connectivity index (χ0) is 10.3. The van der Waals surface area contributed by atoms with Crippen LogP contribution in [0.4, 0.5) is 0 Å². The normalized spacial score (nSPS) is 29.1. The summed E-state index contributed by atoms with van der Waals surface area (Å²) in [6, 6.07) is 0. The average molecular weight is 177 g/mol. The molecule has 2 unspecified atom stereocenters. The Morgan fingerprint density at radius 1 is 0.923 bits per heavy atom. The van der Waals surface area contributed by atoms with E-state index in [0.717, 1.165) is 0 Å². The number of hydrogen-bond donors (Lipinski definition) is 0. The van der Waals surface area contributed by atoms with Crippen LogP contribution >= 0.6 is 0 Å². The van der Waals surface area contributed by atoms with E-state index >= 15 is 0 Å². The summed E-state index contributed by atoms with van der Waals surface area (Å²) < 4.78 is 0. The molecule has 0 N–H and O–H groups in total. The Balaban J connectivity index is 2.81. The predicted octanol–water partition coefficient (Wildman–Crippen LogP) is 3.71. The molecule has 0 aliphatic carbocycles. The largest absolute Gasteiger partial charge is 0.145 e. The molecular weight excluding hydrogens is 155 g/mol. The van der Waals surface area contributed by atoms with E-state index in [4.69, 9.17) is 0 Å². The fraction of sp³-hybridized carbons (Fsp3) is 0.833. The van der Waals surface area contributed by atoms with Crippen molar-refractivity contribution in [2.24, 2.45) is 16.7 Å². The quantitative estimate of drug-likeness (QED) is 0.494. The molecule has 2 atom stereocenters. The molecule has 0 bridgehead atoms. The van der Waals surface area contributed by atoms with E-state index in [1.807, 2.05) is 0 Å². The third-order valence-electron chi connectivity index (χ3n) is 3.02. The lowest BCUT2D eigenvalue weighted by Gasteiger charge is -2.39.